The molecule has 0 saturated heterocycles. The Bertz CT molecular complexity index is 471. The SMILES string of the molecule is CN=C(NCCCOCCOC)NCc1c(C)nn(C)c1C. The van der Waals surface area contributed by atoms with E-state index in [1.807, 2.05) is 18.7 Å². The number of aliphatic imine (C=N–C) groups is 1. The fraction of sp³-hybridized carbons (Fsp3) is 0.733. The van der Waals surface area contributed by atoms with E-state index in [0.29, 0.717) is 19.8 Å². The smallest absolute Gasteiger partial charge is 0.191 e. The van der Waals surface area contributed by atoms with Crippen LogP contribution in [0.1, 0.15) is 23.4 Å². The zero-order chi connectivity index (χ0) is 16.4. The van der Waals surface area contributed by atoms with Crippen LogP contribution in [0.5, 0.6) is 0 Å². The van der Waals surface area contributed by atoms with Gasteiger partial charge in [0.1, 0.15) is 0 Å². The third-order valence-electron chi connectivity index (χ3n) is 3.50. The fourth-order valence-electron chi connectivity index (χ4n) is 2.09. The molecule has 1 aromatic heterocycles. The summed E-state index contributed by atoms with van der Waals surface area (Å²) in [5.74, 6) is 0.791. The molecule has 7 nitrogen and oxygen atoms in total. The first-order valence-electron chi connectivity index (χ1n) is 7.60. The van der Waals surface area contributed by atoms with Gasteiger partial charge in [-0.25, -0.2) is 0 Å². The molecular formula is C15H29N5O2. The maximum Gasteiger partial charge on any atom is 0.191 e. The third-order valence-corrected chi connectivity index (χ3v) is 3.50. The van der Waals surface area contributed by atoms with E-state index >= 15 is 0 Å². The summed E-state index contributed by atoms with van der Waals surface area (Å²) < 4.78 is 12.2. The molecular weight excluding hydrogens is 282 g/mol. The van der Waals surface area contributed by atoms with E-state index in [1.165, 1.54) is 11.3 Å². The van der Waals surface area contributed by atoms with Crippen molar-refractivity contribution in [1.29, 1.82) is 0 Å². The lowest BCUT2D eigenvalue weighted by Crippen LogP contribution is -2.37. The number of nitrogens with zero attached hydrogens (tertiary/aromatic N) is 3. The summed E-state index contributed by atoms with van der Waals surface area (Å²) >= 11 is 0. The highest BCUT2D eigenvalue weighted by Crippen LogP contribution is 2.10. The van der Waals surface area contributed by atoms with Gasteiger partial charge >= 0.3 is 0 Å². The van der Waals surface area contributed by atoms with Crippen LogP contribution in [0.25, 0.3) is 0 Å². The molecule has 1 heterocycles. The van der Waals surface area contributed by atoms with Crippen LogP contribution in [0, 0.1) is 13.8 Å². The van der Waals surface area contributed by atoms with Crippen LogP contribution in [0.2, 0.25) is 0 Å². The molecule has 0 aliphatic rings. The lowest BCUT2D eigenvalue weighted by molar-refractivity contribution is 0.0698. The number of ether oxygens (including phenoxy) is 2. The highest BCUT2D eigenvalue weighted by molar-refractivity contribution is 5.79. The minimum Gasteiger partial charge on any atom is -0.382 e. The van der Waals surface area contributed by atoms with Gasteiger partial charge in [-0.05, 0) is 20.3 Å². The topological polar surface area (TPSA) is 72.7 Å². The Kier molecular flexibility index (Phi) is 8.54. The maximum absolute atomic E-state index is 5.42. The Labute approximate surface area is 133 Å². The summed E-state index contributed by atoms with van der Waals surface area (Å²) in [6, 6.07) is 0. The number of nitrogens with one attached hydrogen (secondary N) is 2. The second kappa shape index (κ2) is 10.2. The molecule has 0 spiro atoms. The maximum atomic E-state index is 5.42. The molecule has 0 atom stereocenters. The van der Waals surface area contributed by atoms with Gasteiger partial charge in [-0.3, -0.25) is 9.67 Å². The van der Waals surface area contributed by atoms with Crippen LogP contribution in [-0.4, -0.2) is 56.3 Å². The summed E-state index contributed by atoms with van der Waals surface area (Å²) in [6.45, 7) is 7.63. The van der Waals surface area contributed by atoms with Crippen LogP contribution >= 0.6 is 0 Å². The number of hydrogen-bond acceptors (Lipinski definition) is 4. The number of guanidine groups is 1. The zero-order valence-corrected chi connectivity index (χ0v) is 14.4. The van der Waals surface area contributed by atoms with Crippen LogP contribution in [0.4, 0.5) is 0 Å². The lowest BCUT2D eigenvalue weighted by atomic mass is 10.2. The fourth-order valence-corrected chi connectivity index (χ4v) is 2.09. The molecule has 22 heavy (non-hydrogen) atoms. The average molecular weight is 311 g/mol. The molecule has 1 aromatic rings. The van der Waals surface area contributed by atoms with Crippen LogP contribution < -0.4 is 10.6 Å². The van der Waals surface area contributed by atoms with Crippen molar-refractivity contribution in [2.75, 3.05) is 40.5 Å². The molecule has 7 heteroatoms. The third kappa shape index (κ3) is 6.03. The van der Waals surface area contributed by atoms with Crippen molar-refractivity contribution >= 4 is 5.96 Å². The zero-order valence-electron chi connectivity index (χ0n) is 14.4. The van der Waals surface area contributed by atoms with Crippen LogP contribution in [-0.2, 0) is 23.1 Å². The van der Waals surface area contributed by atoms with Crippen molar-refractivity contribution < 1.29 is 9.47 Å². The van der Waals surface area contributed by atoms with Gasteiger partial charge < -0.3 is 20.1 Å². The number of hydrogen-bond donors (Lipinski definition) is 2. The predicted molar refractivity (Wildman–Crippen MR) is 88.2 cm³/mol. The molecule has 1 rings (SSSR count). The van der Waals surface area contributed by atoms with Gasteiger partial charge in [0, 0.05) is 52.2 Å². The van der Waals surface area contributed by atoms with Crippen molar-refractivity contribution in [3.05, 3.63) is 17.0 Å². The first kappa shape index (κ1) is 18.4. The van der Waals surface area contributed by atoms with Crippen molar-refractivity contribution in [2.45, 2.75) is 26.8 Å². The number of aryl methyl sites for hydroxylation is 2. The van der Waals surface area contributed by atoms with Gasteiger partial charge in [0.05, 0.1) is 18.9 Å². The molecule has 0 fully saturated rings. The monoisotopic (exact) mass is 311 g/mol. The Balaban J connectivity index is 2.25. The van der Waals surface area contributed by atoms with Crippen molar-refractivity contribution in [1.82, 2.24) is 20.4 Å². The Hall–Kier alpha value is -1.60. The summed E-state index contributed by atoms with van der Waals surface area (Å²) in [4.78, 5) is 4.22. The molecule has 0 saturated carbocycles. The number of rotatable bonds is 9. The normalized spacial score (nSPS) is 11.8. The molecule has 0 amide bonds. The van der Waals surface area contributed by atoms with E-state index in [4.69, 9.17) is 9.47 Å². The van der Waals surface area contributed by atoms with E-state index in [0.717, 1.165) is 31.2 Å². The number of aromatic nitrogens is 2. The van der Waals surface area contributed by atoms with Gasteiger partial charge in [-0.1, -0.05) is 0 Å². The van der Waals surface area contributed by atoms with E-state index < -0.39 is 0 Å². The molecule has 126 valence electrons. The average Bonchev–Trinajstić information content (AvgIpc) is 2.75. The Morgan fingerprint density at radius 1 is 1.23 bits per heavy atom. The second-order valence-corrected chi connectivity index (χ2v) is 5.08. The first-order valence-corrected chi connectivity index (χ1v) is 7.60. The van der Waals surface area contributed by atoms with E-state index in [-0.39, 0.29) is 0 Å². The molecule has 0 unspecified atom stereocenters. The molecule has 0 aromatic carbocycles. The molecule has 0 radical (unpaired) electrons. The Morgan fingerprint density at radius 2 is 2.00 bits per heavy atom. The van der Waals surface area contributed by atoms with E-state index in [1.54, 1.807) is 14.2 Å². The van der Waals surface area contributed by atoms with Gasteiger partial charge in [-0.15, -0.1) is 0 Å². The quantitative estimate of drug-likeness (QED) is 0.400. The second-order valence-electron chi connectivity index (χ2n) is 5.08. The number of methoxy groups -OCH3 is 1. The van der Waals surface area contributed by atoms with Gasteiger partial charge in [0.2, 0.25) is 0 Å². The minimum absolute atomic E-state index is 0.639. The van der Waals surface area contributed by atoms with Gasteiger partial charge in [0.25, 0.3) is 0 Å². The largest absolute Gasteiger partial charge is 0.382 e. The van der Waals surface area contributed by atoms with Crippen molar-refractivity contribution in [2.24, 2.45) is 12.0 Å². The van der Waals surface area contributed by atoms with Gasteiger partial charge in [-0.2, -0.15) is 5.10 Å². The highest BCUT2D eigenvalue weighted by Gasteiger charge is 2.09. The van der Waals surface area contributed by atoms with E-state index in [2.05, 4.69) is 27.6 Å². The van der Waals surface area contributed by atoms with Crippen LogP contribution in [0.15, 0.2) is 4.99 Å². The molecule has 2 N–H and O–H groups in total. The van der Waals surface area contributed by atoms with Crippen molar-refractivity contribution in [3.8, 4) is 0 Å². The summed E-state index contributed by atoms with van der Waals surface area (Å²) in [5, 5.41) is 11.0. The van der Waals surface area contributed by atoms with E-state index in [9.17, 15) is 0 Å². The lowest BCUT2D eigenvalue weighted by Gasteiger charge is -2.12. The highest BCUT2D eigenvalue weighted by atomic mass is 16.5. The summed E-state index contributed by atoms with van der Waals surface area (Å²) in [6.07, 6.45) is 0.926. The predicted octanol–water partition coefficient (Wildman–Crippen LogP) is 0.755. The standard InChI is InChI=1S/C15H29N5O2/c1-12-14(13(2)20(4)19-12)11-18-15(16-3)17-7-6-8-22-10-9-21-5/h6-11H2,1-5H3,(H2,16,17,18). The summed E-state index contributed by atoms with van der Waals surface area (Å²) in [7, 11) is 5.40. The first-order chi connectivity index (χ1) is 10.6. The van der Waals surface area contributed by atoms with Crippen molar-refractivity contribution in [3.63, 3.8) is 0 Å². The molecule has 0 aliphatic heterocycles. The summed E-state index contributed by atoms with van der Waals surface area (Å²) in [5.41, 5.74) is 3.44. The van der Waals surface area contributed by atoms with Gasteiger partial charge in [0.15, 0.2) is 5.96 Å². The van der Waals surface area contributed by atoms with Crippen LogP contribution in [0.3, 0.4) is 0 Å². The Morgan fingerprint density at radius 3 is 2.59 bits per heavy atom. The molecule has 0 aliphatic carbocycles. The minimum atomic E-state index is 0.639. The molecule has 0 bridgehead atoms.